The summed E-state index contributed by atoms with van der Waals surface area (Å²) in [4.78, 5) is 61.1. The lowest BCUT2D eigenvalue weighted by Gasteiger charge is -2.49. The zero-order valence-corrected chi connectivity index (χ0v) is 47.1. The number of carboxylic acids is 1. The second-order valence-electron chi connectivity index (χ2n) is 20.7. The average molecular weight is 1260 g/mol. The van der Waals surface area contributed by atoms with Gasteiger partial charge in [-0.1, -0.05) is 55.3 Å². The van der Waals surface area contributed by atoms with Crippen molar-refractivity contribution in [1.29, 1.82) is 0 Å². The number of carbonyl (C=O) groups excluding carboxylic acids is 3. The molecule has 3 heterocycles. The third-order valence-electron chi connectivity index (χ3n) is 15.0. The van der Waals surface area contributed by atoms with Gasteiger partial charge >= 0.3 is 17.9 Å². The molecule has 14 unspecified atom stereocenters. The maximum Gasteiger partial charge on any atom is 0.338 e. The van der Waals surface area contributed by atoms with Crippen molar-refractivity contribution in [1.82, 2.24) is 15.3 Å². The molecular weight excluding hydrogens is 1200 g/mol. The lowest BCUT2D eigenvalue weighted by molar-refractivity contribution is -0.432. The van der Waals surface area contributed by atoms with E-state index in [2.05, 4.69) is 30.0 Å². The first kappa shape index (κ1) is 65.1. The van der Waals surface area contributed by atoms with E-state index in [-0.39, 0.29) is 33.9 Å². The molecule has 2 saturated carbocycles. The minimum absolute atomic E-state index is 0.0527. The topological polar surface area (TPSA) is 483 Å². The summed E-state index contributed by atoms with van der Waals surface area (Å²) in [5.74, 6) is -7.00. The summed E-state index contributed by atoms with van der Waals surface area (Å²) in [5.41, 5.74) is -1.07. The van der Waals surface area contributed by atoms with Gasteiger partial charge in [-0.05, 0) is 73.9 Å². The Morgan fingerprint density at radius 1 is 0.812 bits per heavy atom. The normalized spacial score (nSPS) is 29.0. The minimum atomic E-state index is -5.37. The van der Waals surface area contributed by atoms with Crippen molar-refractivity contribution < 1.29 is 129 Å². The van der Waals surface area contributed by atoms with Crippen molar-refractivity contribution >= 4 is 72.4 Å². The lowest BCUT2D eigenvalue weighted by Crippen LogP contribution is -2.65. The van der Waals surface area contributed by atoms with Crippen LogP contribution in [0.15, 0.2) is 75.4 Å². The summed E-state index contributed by atoms with van der Waals surface area (Å²) >= 11 is 0.290. The van der Waals surface area contributed by atoms with E-state index in [9.17, 15) is 86.0 Å². The van der Waals surface area contributed by atoms with Crippen molar-refractivity contribution in [2.75, 3.05) is 18.5 Å². The van der Waals surface area contributed by atoms with Gasteiger partial charge in [-0.2, -0.15) is 26.8 Å². The number of benzene rings is 3. The van der Waals surface area contributed by atoms with Gasteiger partial charge in [0.2, 0.25) is 5.88 Å². The molecule has 0 spiro atoms. The van der Waals surface area contributed by atoms with Gasteiger partial charge in [-0.15, -0.1) is 4.33 Å². The van der Waals surface area contributed by atoms with Crippen LogP contribution < -0.4 is 10.6 Å². The van der Waals surface area contributed by atoms with Crippen molar-refractivity contribution in [3.8, 4) is 11.9 Å². The highest BCUT2D eigenvalue weighted by atomic mass is 32.2. The fourth-order valence-corrected chi connectivity index (χ4v) is 12.7. The molecule has 1 aromatic heterocycles. The maximum atomic E-state index is 15.0. The molecule has 4 aromatic rings. The Balaban J connectivity index is 1.23. The Morgan fingerprint density at radius 3 is 2.18 bits per heavy atom. The first-order chi connectivity index (χ1) is 40.2. The van der Waals surface area contributed by atoms with Crippen LogP contribution in [0.2, 0.25) is 0 Å². The number of nitrogens with zero attached hydrogens (tertiary/aromatic N) is 2. The zero-order chi connectivity index (χ0) is 61.7. The van der Waals surface area contributed by atoms with E-state index in [0.717, 1.165) is 43.5 Å². The number of rotatable bonds is 23. The van der Waals surface area contributed by atoms with Crippen LogP contribution in [0.25, 0.3) is 10.8 Å². The molecule has 2 aliphatic heterocycles. The molecular formula is C51H62N4O27S3. The van der Waals surface area contributed by atoms with Gasteiger partial charge in [0.05, 0.1) is 53.9 Å². The second-order valence-corrected chi connectivity index (χ2v) is 24.3. The number of nitrogens with one attached hydrogen (secondary N) is 2. The molecule has 3 aromatic carbocycles. The van der Waals surface area contributed by atoms with Crippen LogP contribution in [0, 0.1) is 11.8 Å². The Bertz CT molecular complexity index is 3250. The number of aromatic hydroxyl groups is 2. The number of ether oxygens (including phenoxy) is 6. The van der Waals surface area contributed by atoms with E-state index in [1.165, 1.54) is 31.2 Å². The van der Waals surface area contributed by atoms with Gasteiger partial charge in [-0.3, -0.25) is 18.7 Å². The summed E-state index contributed by atoms with van der Waals surface area (Å²) in [5, 5.41) is 104. The summed E-state index contributed by atoms with van der Waals surface area (Å²) in [6.45, 7) is -0.518. The quantitative estimate of drug-likeness (QED) is 0.0161. The largest absolute Gasteiger partial charge is 0.493 e. The highest BCUT2D eigenvalue weighted by molar-refractivity contribution is 7.94. The van der Waals surface area contributed by atoms with Crippen LogP contribution in [0.5, 0.6) is 11.9 Å². The molecule has 466 valence electrons. The number of aromatic nitrogens is 2. The maximum absolute atomic E-state index is 15.0. The van der Waals surface area contributed by atoms with Gasteiger partial charge in [0.1, 0.15) is 53.3 Å². The molecule has 34 heteroatoms. The predicted molar refractivity (Wildman–Crippen MR) is 284 cm³/mol. The molecule has 4 fully saturated rings. The molecule has 2 aliphatic carbocycles. The third kappa shape index (κ3) is 15.8. The molecule has 0 bridgehead atoms. The smallest absolute Gasteiger partial charge is 0.338 e. The number of hydrogen-bond acceptors (Lipinski definition) is 28. The SMILES string of the molecule is CC1OC(OC2C(NC(=O)c3cc(O)nc(O)n3)CC(C(=O)CNc3cc(SOOO)cc4cc(S(=O)(=O)O)cc(S(=O)(=O)O)c34)CC2OC2OC(CO)C(O)C(O[C@@H](CC3CCCCC3)C(=O)O)C2OC(=O)c2ccccc2)C(O)C(O)C1O. The lowest BCUT2D eigenvalue weighted by atomic mass is 9.79. The Labute approximate surface area is 487 Å². The van der Waals surface area contributed by atoms with E-state index in [1.807, 2.05) is 0 Å². The molecule has 0 radical (unpaired) electrons. The van der Waals surface area contributed by atoms with E-state index >= 15 is 0 Å². The number of amides is 1. The molecule has 85 heavy (non-hydrogen) atoms. The van der Waals surface area contributed by atoms with Gasteiger partial charge in [-0.25, -0.2) is 14.8 Å². The standard InChI is InChI=1S/C51H62N4O27S3/c1-22-39(59)41(61)42(62)49(75-22)80-43-30(53-46(63)31-19-37(58)55-51(67)54-31)15-25(32(57)20-52-29-17-27(83-82-81-68)13-26-14-28(84(69,70)71)18-36(38(26)29)85(72,73)74)16-33(43)77-50-45(79-48(66)24-10-6-3-7-11-24)44(40(60)35(21-56)78-50)76-34(47(64)65)12-23-8-4-2-5-9-23/h3,6-7,10-11,13-14,17-19,22-23,25,30,33-35,39-45,49-50,52,56,59-62,68H,2,4-5,8-9,12,15-16,20-21H2,1H3,(H,53,63)(H,64,65)(H,69,70,71)(H,72,73,74)(H2,54,55,58,67)/t22?,25?,30?,33?,34-,35?,39?,40?,41?,42?,43?,44?,45?,49?,50?/m0/s1. The summed E-state index contributed by atoms with van der Waals surface area (Å²) in [6, 6.07) is 8.85. The number of aliphatic carboxylic acids is 1. The van der Waals surface area contributed by atoms with Gasteiger partial charge in [0.25, 0.3) is 26.1 Å². The number of ketones is 1. The van der Waals surface area contributed by atoms with Crippen molar-refractivity contribution in [3.05, 3.63) is 71.9 Å². The number of aliphatic hydroxyl groups excluding tert-OH is 5. The number of Topliss-reactive ketones (excluding diaryl/α,β-unsaturated/α-hetero) is 1. The molecule has 8 rings (SSSR count). The van der Waals surface area contributed by atoms with E-state index in [0.29, 0.717) is 31.0 Å². The van der Waals surface area contributed by atoms with Crippen molar-refractivity contribution in [2.45, 2.75) is 159 Å². The Morgan fingerprint density at radius 2 is 1.53 bits per heavy atom. The number of aliphatic hydroxyl groups is 5. The highest BCUT2D eigenvalue weighted by Gasteiger charge is 2.54. The van der Waals surface area contributed by atoms with Crippen LogP contribution in [-0.4, -0.2) is 205 Å². The van der Waals surface area contributed by atoms with Gasteiger partial charge < -0.3 is 79.9 Å². The molecule has 4 aliphatic rings. The van der Waals surface area contributed by atoms with Crippen molar-refractivity contribution in [3.63, 3.8) is 0 Å². The molecule has 1 amide bonds. The number of carboxylic acid groups (broad SMARTS) is 1. The first-order valence-corrected chi connectivity index (χ1v) is 30.0. The van der Waals surface area contributed by atoms with Gasteiger partial charge in [0, 0.05) is 28.0 Å². The van der Waals surface area contributed by atoms with E-state index in [4.69, 9.17) is 33.7 Å². The fourth-order valence-electron chi connectivity index (χ4n) is 10.8. The first-order valence-electron chi connectivity index (χ1n) is 26.4. The Hall–Kier alpha value is -5.87. The monoisotopic (exact) mass is 1260 g/mol. The van der Waals surface area contributed by atoms with Crippen LogP contribution in [0.3, 0.4) is 0 Å². The summed E-state index contributed by atoms with van der Waals surface area (Å²) < 4.78 is 112. The summed E-state index contributed by atoms with van der Waals surface area (Å²) in [6.07, 6.45) is -20.9. The van der Waals surface area contributed by atoms with Crippen LogP contribution in [0.1, 0.15) is 79.1 Å². The summed E-state index contributed by atoms with van der Waals surface area (Å²) in [7, 11) is -10.5. The predicted octanol–water partition coefficient (Wildman–Crippen LogP) is 0.863. The molecule has 13 N–H and O–H groups in total. The average Bonchev–Trinajstić information content (AvgIpc) is 2.47. The number of esters is 1. The molecule has 31 nitrogen and oxygen atoms in total. The van der Waals surface area contributed by atoms with Gasteiger partial charge in [0.15, 0.2) is 30.6 Å². The third-order valence-corrected chi connectivity index (χ3v) is 17.3. The number of hydrogen-bond donors (Lipinski definition) is 13. The van der Waals surface area contributed by atoms with Crippen LogP contribution >= 0.6 is 12.0 Å². The molecule has 15 atom stereocenters. The molecule has 2 saturated heterocycles. The van der Waals surface area contributed by atoms with Crippen molar-refractivity contribution in [2.24, 2.45) is 11.8 Å². The zero-order valence-electron chi connectivity index (χ0n) is 44.7. The second kappa shape index (κ2) is 27.9. The minimum Gasteiger partial charge on any atom is -0.493 e. The number of carbonyl (C=O) groups is 4. The highest BCUT2D eigenvalue weighted by Crippen LogP contribution is 2.41. The van der Waals surface area contributed by atoms with Crippen LogP contribution in [-0.2, 0) is 67.6 Å². The van der Waals surface area contributed by atoms with Crippen LogP contribution in [0.4, 0.5) is 5.69 Å². The fraction of sp³-hybridized carbons (Fsp3) is 0.529. The Kier molecular flexibility index (Phi) is 21.4. The number of fused-ring (bicyclic) bond motifs is 1. The van der Waals surface area contributed by atoms with E-state index in [1.54, 1.807) is 6.07 Å². The van der Waals surface area contributed by atoms with E-state index < -0.39 is 194 Å². The number of anilines is 1.